The first-order chi connectivity index (χ1) is 24.9. The second-order valence-corrected chi connectivity index (χ2v) is 14.6. The predicted octanol–water partition coefficient (Wildman–Crippen LogP) is 8.45. The first kappa shape index (κ1) is 41.7. The van der Waals surface area contributed by atoms with Gasteiger partial charge in [-0.15, -0.1) is 23.5 Å². The third-order valence-corrected chi connectivity index (χ3v) is 10.0. The van der Waals surface area contributed by atoms with Crippen molar-refractivity contribution in [3.05, 3.63) is 101 Å². The predicted molar refractivity (Wildman–Crippen MR) is 207 cm³/mol. The Morgan fingerprint density at radius 3 is 1.96 bits per heavy atom. The van der Waals surface area contributed by atoms with E-state index in [-0.39, 0.29) is 43.4 Å². The van der Waals surface area contributed by atoms with Gasteiger partial charge in [-0.2, -0.15) is 0 Å². The number of urea groups is 1. The van der Waals surface area contributed by atoms with Crippen molar-refractivity contribution in [3.8, 4) is 5.69 Å². The van der Waals surface area contributed by atoms with Crippen molar-refractivity contribution >= 4 is 87.0 Å². The highest BCUT2D eigenvalue weighted by Gasteiger charge is 2.26. The molecule has 0 unspecified atom stereocenters. The summed E-state index contributed by atoms with van der Waals surface area (Å²) in [5.41, 5.74) is 2.29. The highest BCUT2D eigenvalue weighted by Crippen LogP contribution is 2.34. The van der Waals surface area contributed by atoms with Gasteiger partial charge in [0.2, 0.25) is 0 Å². The van der Waals surface area contributed by atoms with Gasteiger partial charge in [-0.1, -0.05) is 62.5 Å². The third kappa shape index (κ3) is 8.67. The van der Waals surface area contributed by atoms with Crippen LogP contribution < -0.4 is 21.9 Å². The van der Waals surface area contributed by atoms with E-state index >= 15 is 0 Å². The standard InChI is InChI=1S/C17H17Cl2FN4O2S.C17H16ClFN4O2S/c1-7(2)11-12(8(3)5-6-21-11)22-17(26)24-16(25)9-13(27-4)10(20)15(19)23-14(9)18;1-7(2)11-12(8(3)5-6-20-11)23-15-9(16(24)22-17(23)25)13(26-4)10(19)14(18)21-15/h5-7H,1-4H3,(H2,22,24,25,26);5-7H,1-4H3,(H,22,24,25). The van der Waals surface area contributed by atoms with Crippen molar-refractivity contribution in [3.63, 3.8) is 0 Å². The summed E-state index contributed by atoms with van der Waals surface area (Å²) in [4.78, 5) is 68.3. The zero-order chi connectivity index (χ0) is 39.5. The molecule has 0 aliphatic rings. The molecule has 0 fully saturated rings. The smallest absolute Gasteiger partial charge is 0.306 e. The van der Waals surface area contributed by atoms with Crippen LogP contribution in [-0.2, 0) is 0 Å². The molecule has 280 valence electrons. The third-order valence-electron chi connectivity index (χ3n) is 7.67. The van der Waals surface area contributed by atoms with Crippen LogP contribution in [0.3, 0.4) is 0 Å². The van der Waals surface area contributed by atoms with Gasteiger partial charge < -0.3 is 5.32 Å². The lowest BCUT2D eigenvalue weighted by atomic mass is 10.0. The van der Waals surface area contributed by atoms with Crippen LogP contribution in [0.4, 0.5) is 19.3 Å². The first-order valence-corrected chi connectivity index (χ1v) is 19.2. The van der Waals surface area contributed by atoms with Crippen LogP contribution in [0.1, 0.15) is 72.4 Å². The highest BCUT2D eigenvalue weighted by molar-refractivity contribution is 7.99. The number of aromatic amines is 1. The number of nitrogens with one attached hydrogen (secondary N) is 3. The number of halogens is 5. The van der Waals surface area contributed by atoms with Crippen molar-refractivity contribution in [1.29, 1.82) is 0 Å². The molecule has 12 nitrogen and oxygen atoms in total. The molecule has 53 heavy (non-hydrogen) atoms. The second kappa shape index (κ2) is 17.4. The van der Waals surface area contributed by atoms with Crippen molar-refractivity contribution in [1.82, 2.24) is 34.8 Å². The van der Waals surface area contributed by atoms with Crippen LogP contribution in [0.5, 0.6) is 0 Å². The van der Waals surface area contributed by atoms with Gasteiger partial charge in [-0.05, 0) is 61.5 Å². The number of aromatic nitrogens is 6. The molecule has 0 atom stereocenters. The molecule has 0 radical (unpaired) electrons. The van der Waals surface area contributed by atoms with E-state index in [1.165, 1.54) is 4.57 Å². The van der Waals surface area contributed by atoms with E-state index in [0.29, 0.717) is 22.8 Å². The fourth-order valence-corrected chi connectivity index (χ4v) is 7.39. The number of fused-ring (bicyclic) bond motifs is 1. The fourth-order valence-electron chi connectivity index (χ4n) is 5.23. The maximum atomic E-state index is 14.4. The number of pyridine rings is 4. The van der Waals surface area contributed by atoms with E-state index in [2.05, 4.69) is 35.6 Å². The van der Waals surface area contributed by atoms with Crippen LogP contribution in [0, 0.1) is 25.5 Å². The minimum Gasteiger partial charge on any atom is -0.306 e. The molecule has 5 aromatic heterocycles. The van der Waals surface area contributed by atoms with E-state index in [0.717, 1.165) is 34.7 Å². The molecule has 0 aromatic carbocycles. The summed E-state index contributed by atoms with van der Waals surface area (Å²) >= 11 is 19.5. The van der Waals surface area contributed by atoms with E-state index < -0.39 is 45.1 Å². The summed E-state index contributed by atoms with van der Waals surface area (Å²) in [6, 6.07) is 2.70. The van der Waals surface area contributed by atoms with Crippen LogP contribution >= 0.6 is 58.3 Å². The van der Waals surface area contributed by atoms with E-state index in [9.17, 15) is 28.0 Å². The molecule has 5 heterocycles. The Labute approximate surface area is 325 Å². The van der Waals surface area contributed by atoms with Gasteiger partial charge in [0.05, 0.1) is 43.5 Å². The SMILES string of the molecule is CSc1c(F)c(Cl)nc(Cl)c1C(=O)NC(=O)Nc1c(C)ccnc1C(C)C.CSc1c(F)c(Cl)nc2c1c(=O)[nH]c(=O)n2-c1c(C)ccnc1C(C)C. The maximum absolute atomic E-state index is 14.4. The number of hydrogen-bond acceptors (Lipinski definition) is 10. The van der Waals surface area contributed by atoms with Gasteiger partial charge in [0.15, 0.2) is 27.6 Å². The minimum absolute atomic E-state index is 0.00694. The Balaban J connectivity index is 0.000000237. The lowest BCUT2D eigenvalue weighted by Crippen LogP contribution is -2.35. The van der Waals surface area contributed by atoms with Crippen LogP contribution in [0.25, 0.3) is 16.7 Å². The minimum atomic E-state index is -0.891. The number of rotatable bonds is 7. The Kier molecular flexibility index (Phi) is 13.7. The molecule has 3 amide bonds. The van der Waals surface area contributed by atoms with Gasteiger partial charge in [0.25, 0.3) is 11.5 Å². The molecule has 5 aromatic rings. The largest absolute Gasteiger partial charge is 0.334 e. The van der Waals surface area contributed by atoms with E-state index in [4.69, 9.17) is 34.8 Å². The van der Waals surface area contributed by atoms with Gasteiger partial charge in [-0.25, -0.2) is 32.9 Å². The molecular weight excluding hydrogens is 793 g/mol. The van der Waals surface area contributed by atoms with Gasteiger partial charge in [-0.3, -0.25) is 29.9 Å². The topological polar surface area (TPSA) is 165 Å². The molecule has 0 saturated heterocycles. The monoisotopic (exact) mass is 824 g/mol. The molecule has 3 N–H and O–H groups in total. The molecule has 0 spiro atoms. The summed E-state index contributed by atoms with van der Waals surface area (Å²) in [6.07, 6.45) is 6.47. The number of anilines is 1. The zero-order valence-electron chi connectivity index (χ0n) is 29.5. The number of amides is 3. The average molecular weight is 826 g/mol. The Morgan fingerprint density at radius 1 is 0.830 bits per heavy atom. The highest BCUT2D eigenvalue weighted by atomic mass is 35.5. The number of thioether (sulfide) groups is 2. The summed E-state index contributed by atoms with van der Waals surface area (Å²) in [7, 11) is 0. The summed E-state index contributed by atoms with van der Waals surface area (Å²) < 4.78 is 29.7. The second-order valence-electron chi connectivity index (χ2n) is 11.9. The molecule has 0 aliphatic heterocycles. The van der Waals surface area contributed by atoms with Gasteiger partial charge in [0.1, 0.15) is 5.15 Å². The summed E-state index contributed by atoms with van der Waals surface area (Å²) in [5, 5.41) is 3.60. The fraction of sp³-hybridized carbons (Fsp3) is 0.294. The number of aryl methyl sites for hydroxylation is 2. The number of nitrogens with zero attached hydrogens (tertiary/aromatic N) is 5. The normalized spacial score (nSPS) is 11.2. The number of H-pyrrole nitrogens is 1. The number of imide groups is 1. The van der Waals surface area contributed by atoms with Crippen LogP contribution in [-0.4, -0.2) is 53.9 Å². The van der Waals surface area contributed by atoms with E-state index in [1.54, 1.807) is 37.0 Å². The molecule has 5 rings (SSSR count). The Morgan fingerprint density at radius 2 is 1.38 bits per heavy atom. The molecule has 0 saturated carbocycles. The van der Waals surface area contributed by atoms with Crippen LogP contribution in [0.15, 0.2) is 43.9 Å². The average Bonchev–Trinajstić information content (AvgIpc) is 3.08. The van der Waals surface area contributed by atoms with Crippen molar-refractivity contribution in [2.75, 3.05) is 17.8 Å². The maximum Gasteiger partial charge on any atom is 0.334 e. The van der Waals surface area contributed by atoms with E-state index in [1.807, 2.05) is 41.5 Å². The molecule has 19 heteroatoms. The van der Waals surface area contributed by atoms with Gasteiger partial charge >= 0.3 is 11.7 Å². The van der Waals surface area contributed by atoms with Crippen molar-refractivity contribution < 1.29 is 18.4 Å². The lowest BCUT2D eigenvalue weighted by molar-refractivity contribution is 0.0963. The Hall–Kier alpha value is -4.09. The van der Waals surface area contributed by atoms with Crippen molar-refractivity contribution in [2.24, 2.45) is 0 Å². The zero-order valence-corrected chi connectivity index (χ0v) is 33.4. The molecular formula is C34H33Cl3F2N8O4S2. The van der Waals surface area contributed by atoms with Crippen LogP contribution in [0.2, 0.25) is 15.5 Å². The molecule has 0 bridgehead atoms. The molecule has 0 aliphatic carbocycles. The quantitative estimate of drug-likeness (QED) is 0.107. The number of carbonyl (C=O) groups is 2. The number of hydrogen-bond donors (Lipinski definition) is 3. The Bertz CT molecular complexity index is 2370. The first-order valence-electron chi connectivity index (χ1n) is 15.6. The van der Waals surface area contributed by atoms with Gasteiger partial charge in [0, 0.05) is 12.4 Å². The summed E-state index contributed by atoms with van der Waals surface area (Å²) in [5.74, 6) is -2.48. The summed E-state index contributed by atoms with van der Waals surface area (Å²) in [6.45, 7) is 11.4. The lowest BCUT2D eigenvalue weighted by Gasteiger charge is -2.18. The van der Waals surface area contributed by atoms with Crippen molar-refractivity contribution in [2.45, 2.75) is 63.2 Å². The number of carbonyl (C=O) groups excluding carboxylic acids is 2.